The lowest BCUT2D eigenvalue weighted by atomic mass is 10.2. The van der Waals surface area contributed by atoms with Gasteiger partial charge in [0.2, 0.25) is 5.28 Å². The number of rotatable bonds is 2. The Morgan fingerprint density at radius 2 is 2.14 bits per heavy atom. The molecule has 74 valence electrons. The maximum Gasteiger partial charge on any atom is 0.312 e. The summed E-state index contributed by atoms with van der Waals surface area (Å²) in [6.45, 7) is 1.58. The standard InChI is InChI=1S/C8H8ClN3O2/c1-4-7(12(13)14)6(5-2-3-5)11-8(9)10-4/h5H,2-3H2,1H3. The third kappa shape index (κ3) is 1.55. The molecule has 1 aliphatic rings. The minimum absolute atomic E-state index is 0.0249. The van der Waals surface area contributed by atoms with Gasteiger partial charge in [-0.3, -0.25) is 10.1 Å². The van der Waals surface area contributed by atoms with Gasteiger partial charge in [0.05, 0.1) is 4.92 Å². The summed E-state index contributed by atoms with van der Waals surface area (Å²) in [5.41, 5.74) is 0.862. The van der Waals surface area contributed by atoms with Crippen LogP contribution < -0.4 is 0 Å². The third-order valence-corrected chi connectivity index (χ3v) is 2.37. The van der Waals surface area contributed by atoms with Gasteiger partial charge in [0, 0.05) is 5.92 Å². The van der Waals surface area contributed by atoms with Gasteiger partial charge in [0.1, 0.15) is 11.4 Å². The predicted molar refractivity (Wildman–Crippen MR) is 50.4 cm³/mol. The Kier molecular flexibility index (Phi) is 2.11. The fourth-order valence-electron chi connectivity index (χ4n) is 1.42. The molecule has 0 aliphatic heterocycles. The molecule has 1 aromatic rings. The number of nitrogens with zero attached hydrogens (tertiary/aromatic N) is 3. The van der Waals surface area contributed by atoms with E-state index in [4.69, 9.17) is 11.6 Å². The van der Waals surface area contributed by atoms with Crippen molar-refractivity contribution >= 4 is 17.3 Å². The lowest BCUT2D eigenvalue weighted by Crippen LogP contribution is -2.02. The number of aryl methyl sites for hydroxylation is 1. The van der Waals surface area contributed by atoms with E-state index in [1.807, 2.05) is 0 Å². The van der Waals surface area contributed by atoms with Crippen molar-refractivity contribution in [3.8, 4) is 0 Å². The van der Waals surface area contributed by atoms with Crippen LogP contribution in [0.5, 0.6) is 0 Å². The Balaban J connectivity index is 2.58. The molecular formula is C8H8ClN3O2. The lowest BCUT2D eigenvalue weighted by molar-refractivity contribution is -0.386. The molecule has 0 radical (unpaired) electrons. The van der Waals surface area contributed by atoms with Crippen molar-refractivity contribution < 1.29 is 4.92 Å². The first-order valence-corrected chi connectivity index (χ1v) is 4.66. The van der Waals surface area contributed by atoms with Crippen molar-refractivity contribution in [2.24, 2.45) is 0 Å². The van der Waals surface area contributed by atoms with E-state index >= 15 is 0 Å². The van der Waals surface area contributed by atoms with Crippen LogP contribution in [-0.2, 0) is 0 Å². The number of halogens is 1. The molecule has 6 heteroatoms. The van der Waals surface area contributed by atoms with Crippen molar-refractivity contribution in [3.63, 3.8) is 0 Å². The summed E-state index contributed by atoms with van der Waals surface area (Å²) in [7, 11) is 0. The van der Waals surface area contributed by atoms with Crippen LogP contribution in [0.3, 0.4) is 0 Å². The average molecular weight is 214 g/mol. The van der Waals surface area contributed by atoms with Crippen LogP contribution in [0.1, 0.15) is 30.1 Å². The molecule has 1 aromatic heterocycles. The Labute approximate surface area is 85.3 Å². The molecule has 1 heterocycles. The minimum Gasteiger partial charge on any atom is -0.258 e. The van der Waals surface area contributed by atoms with Crippen LogP contribution in [0.2, 0.25) is 5.28 Å². The van der Waals surface area contributed by atoms with Crippen molar-refractivity contribution in [3.05, 3.63) is 26.8 Å². The topological polar surface area (TPSA) is 68.9 Å². The highest BCUT2D eigenvalue weighted by atomic mass is 35.5. The molecule has 0 amide bonds. The zero-order valence-electron chi connectivity index (χ0n) is 7.53. The average Bonchev–Trinajstić information content (AvgIpc) is 2.82. The maximum absolute atomic E-state index is 10.8. The number of hydrogen-bond acceptors (Lipinski definition) is 4. The molecule has 1 saturated carbocycles. The smallest absolute Gasteiger partial charge is 0.258 e. The monoisotopic (exact) mass is 213 g/mol. The molecule has 1 fully saturated rings. The van der Waals surface area contributed by atoms with Crippen molar-refractivity contribution in [1.82, 2.24) is 9.97 Å². The Hall–Kier alpha value is -1.23. The molecule has 0 spiro atoms. The number of nitro groups is 1. The van der Waals surface area contributed by atoms with Gasteiger partial charge < -0.3 is 0 Å². The van der Waals surface area contributed by atoms with E-state index in [1.54, 1.807) is 6.92 Å². The molecule has 0 atom stereocenters. The maximum atomic E-state index is 10.8. The predicted octanol–water partition coefficient (Wildman–Crippen LogP) is 2.22. The summed E-state index contributed by atoms with van der Waals surface area (Å²) < 4.78 is 0. The Morgan fingerprint density at radius 3 is 2.64 bits per heavy atom. The van der Waals surface area contributed by atoms with Crippen molar-refractivity contribution in [2.75, 3.05) is 0 Å². The van der Waals surface area contributed by atoms with E-state index in [2.05, 4.69) is 9.97 Å². The van der Waals surface area contributed by atoms with Crippen molar-refractivity contribution in [1.29, 1.82) is 0 Å². The zero-order valence-corrected chi connectivity index (χ0v) is 8.28. The summed E-state index contributed by atoms with van der Waals surface area (Å²) in [6, 6.07) is 0. The van der Waals surface area contributed by atoms with Gasteiger partial charge in [0.25, 0.3) is 0 Å². The van der Waals surface area contributed by atoms with Gasteiger partial charge in [-0.05, 0) is 31.4 Å². The van der Waals surface area contributed by atoms with Gasteiger partial charge >= 0.3 is 5.69 Å². The molecule has 0 saturated heterocycles. The molecule has 5 nitrogen and oxygen atoms in total. The second kappa shape index (κ2) is 3.16. The lowest BCUT2D eigenvalue weighted by Gasteiger charge is -2.02. The first-order chi connectivity index (χ1) is 6.59. The van der Waals surface area contributed by atoms with E-state index in [0.717, 1.165) is 12.8 Å². The van der Waals surface area contributed by atoms with Crippen LogP contribution in [0, 0.1) is 17.0 Å². The first kappa shape index (κ1) is 9.33. The van der Waals surface area contributed by atoms with Crippen LogP contribution in [0.25, 0.3) is 0 Å². The summed E-state index contributed by atoms with van der Waals surface area (Å²) >= 11 is 5.65. The first-order valence-electron chi connectivity index (χ1n) is 4.28. The zero-order chi connectivity index (χ0) is 10.3. The van der Waals surface area contributed by atoms with Gasteiger partial charge in [0.15, 0.2) is 0 Å². The van der Waals surface area contributed by atoms with E-state index in [1.165, 1.54) is 0 Å². The molecule has 0 bridgehead atoms. The van der Waals surface area contributed by atoms with E-state index in [0.29, 0.717) is 11.4 Å². The summed E-state index contributed by atoms with van der Waals surface area (Å²) in [5, 5.41) is 10.9. The van der Waals surface area contributed by atoms with Gasteiger partial charge in [-0.25, -0.2) is 9.97 Å². The SMILES string of the molecule is Cc1nc(Cl)nc(C2CC2)c1[N+](=O)[O-]. The van der Waals surface area contributed by atoms with E-state index in [-0.39, 0.29) is 16.9 Å². The Bertz CT molecular complexity index is 404. The fourth-order valence-corrected chi connectivity index (χ4v) is 1.64. The molecule has 0 aromatic carbocycles. The van der Waals surface area contributed by atoms with Crippen LogP contribution >= 0.6 is 11.6 Å². The fraction of sp³-hybridized carbons (Fsp3) is 0.500. The quantitative estimate of drug-likeness (QED) is 0.429. The third-order valence-electron chi connectivity index (χ3n) is 2.20. The second-order valence-electron chi connectivity index (χ2n) is 3.34. The number of hydrogen-bond donors (Lipinski definition) is 0. The molecule has 14 heavy (non-hydrogen) atoms. The molecule has 1 aliphatic carbocycles. The number of aromatic nitrogens is 2. The highest BCUT2D eigenvalue weighted by molar-refractivity contribution is 6.28. The molecular weight excluding hydrogens is 206 g/mol. The van der Waals surface area contributed by atoms with Crippen molar-refractivity contribution in [2.45, 2.75) is 25.7 Å². The second-order valence-corrected chi connectivity index (χ2v) is 3.68. The molecule has 0 N–H and O–H groups in total. The van der Waals surface area contributed by atoms with Gasteiger partial charge in [-0.15, -0.1) is 0 Å². The van der Waals surface area contributed by atoms with E-state index in [9.17, 15) is 10.1 Å². The largest absolute Gasteiger partial charge is 0.312 e. The minimum atomic E-state index is -0.431. The molecule has 0 unspecified atom stereocenters. The normalized spacial score (nSPS) is 15.6. The van der Waals surface area contributed by atoms with Crippen LogP contribution in [0.15, 0.2) is 0 Å². The molecule has 2 rings (SSSR count). The highest BCUT2D eigenvalue weighted by Gasteiger charge is 2.34. The highest BCUT2D eigenvalue weighted by Crippen LogP contribution is 2.43. The Morgan fingerprint density at radius 1 is 1.50 bits per heavy atom. The summed E-state index contributed by atoms with van der Waals surface area (Å²) in [6.07, 6.45) is 1.90. The van der Waals surface area contributed by atoms with Crippen LogP contribution in [0.4, 0.5) is 5.69 Å². The van der Waals surface area contributed by atoms with E-state index < -0.39 is 4.92 Å². The van der Waals surface area contributed by atoms with Gasteiger partial charge in [-0.1, -0.05) is 0 Å². The summed E-state index contributed by atoms with van der Waals surface area (Å²) in [4.78, 5) is 18.0. The summed E-state index contributed by atoms with van der Waals surface area (Å²) in [5.74, 6) is 0.203. The van der Waals surface area contributed by atoms with Crippen LogP contribution in [-0.4, -0.2) is 14.9 Å². The van der Waals surface area contributed by atoms with Gasteiger partial charge in [-0.2, -0.15) is 0 Å².